The number of ether oxygens (including phenoxy) is 1. The van der Waals surface area contributed by atoms with Crippen LogP contribution in [0.5, 0.6) is 5.75 Å². The van der Waals surface area contributed by atoms with E-state index in [4.69, 9.17) is 10.00 Å². The fourth-order valence-electron chi connectivity index (χ4n) is 1.22. The summed E-state index contributed by atoms with van der Waals surface area (Å²) in [7, 11) is 0. The molecular formula is C11H10INO2. The minimum Gasteiger partial charge on any atom is -0.494 e. The van der Waals surface area contributed by atoms with E-state index in [0.717, 1.165) is 3.57 Å². The van der Waals surface area contributed by atoms with Gasteiger partial charge in [0.15, 0.2) is 5.78 Å². The van der Waals surface area contributed by atoms with Gasteiger partial charge >= 0.3 is 0 Å². The molecule has 0 saturated carbocycles. The molecule has 0 atom stereocenters. The Morgan fingerprint density at radius 3 is 2.73 bits per heavy atom. The molecule has 0 N–H and O–H groups in total. The Kier molecular flexibility index (Phi) is 4.09. The van der Waals surface area contributed by atoms with Gasteiger partial charge in [0.05, 0.1) is 12.2 Å². The van der Waals surface area contributed by atoms with E-state index < -0.39 is 0 Å². The zero-order chi connectivity index (χ0) is 11.4. The van der Waals surface area contributed by atoms with Crippen LogP contribution in [0.1, 0.15) is 29.8 Å². The van der Waals surface area contributed by atoms with Crippen LogP contribution in [0.2, 0.25) is 0 Å². The second-order valence-corrected chi connectivity index (χ2v) is 4.09. The van der Waals surface area contributed by atoms with Crippen LogP contribution in [-0.2, 0) is 0 Å². The number of benzene rings is 1. The van der Waals surface area contributed by atoms with Gasteiger partial charge in [-0.25, -0.2) is 0 Å². The fourth-order valence-corrected chi connectivity index (χ4v) is 1.94. The van der Waals surface area contributed by atoms with Crippen LogP contribution in [0.4, 0.5) is 0 Å². The molecule has 3 nitrogen and oxygen atoms in total. The third kappa shape index (κ3) is 2.69. The first kappa shape index (κ1) is 12.0. The van der Waals surface area contributed by atoms with Gasteiger partial charge in [0, 0.05) is 9.13 Å². The summed E-state index contributed by atoms with van der Waals surface area (Å²) in [6.45, 7) is 3.86. The van der Waals surface area contributed by atoms with Gasteiger partial charge in [-0.15, -0.1) is 0 Å². The second-order valence-electron chi connectivity index (χ2n) is 2.93. The number of nitrogens with zero attached hydrogens (tertiary/aromatic N) is 1. The van der Waals surface area contributed by atoms with Gasteiger partial charge in [-0.05, 0) is 48.6 Å². The molecule has 1 rings (SSSR count). The normalized spacial score (nSPS) is 9.47. The van der Waals surface area contributed by atoms with Gasteiger partial charge in [-0.1, -0.05) is 0 Å². The van der Waals surface area contributed by atoms with Crippen molar-refractivity contribution >= 4 is 28.4 Å². The SMILES string of the molecule is CCOc1cc(I)c(C#N)c(C(C)=O)c1. The molecule has 0 amide bonds. The molecule has 1 aromatic rings. The van der Waals surface area contributed by atoms with Gasteiger partial charge in [0.2, 0.25) is 0 Å². The molecule has 15 heavy (non-hydrogen) atoms. The molecule has 0 spiro atoms. The van der Waals surface area contributed by atoms with Crippen LogP contribution >= 0.6 is 22.6 Å². The van der Waals surface area contributed by atoms with Crippen LogP contribution in [0, 0.1) is 14.9 Å². The zero-order valence-electron chi connectivity index (χ0n) is 8.50. The maximum absolute atomic E-state index is 11.3. The Labute approximate surface area is 102 Å². The molecule has 0 aromatic heterocycles. The van der Waals surface area contributed by atoms with Crippen molar-refractivity contribution in [3.8, 4) is 11.8 Å². The summed E-state index contributed by atoms with van der Waals surface area (Å²) in [4.78, 5) is 11.3. The minimum atomic E-state index is -0.119. The Hall–Kier alpha value is -1.09. The highest BCUT2D eigenvalue weighted by Crippen LogP contribution is 2.24. The third-order valence-electron chi connectivity index (χ3n) is 1.87. The Balaban J connectivity index is 3.33. The molecule has 0 saturated heterocycles. The molecule has 1 aromatic carbocycles. The van der Waals surface area contributed by atoms with Gasteiger partial charge in [0.1, 0.15) is 11.8 Å². The van der Waals surface area contributed by atoms with E-state index in [9.17, 15) is 4.79 Å². The van der Waals surface area contributed by atoms with Crippen LogP contribution in [0.25, 0.3) is 0 Å². The second kappa shape index (κ2) is 5.12. The highest BCUT2D eigenvalue weighted by atomic mass is 127. The highest BCUT2D eigenvalue weighted by Gasteiger charge is 2.12. The highest BCUT2D eigenvalue weighted by molar-refractivity contribution is 14.1. The number of Topliss-reactive ketones (excluding diaryl/α,β-unsaturated/α-hetero) is 1. The first-order valence-corrected chi connectivity index (χ1v) is 5.55. The van der Waals surface area contributed by atoms with Crippen molar-refractivity contribution < 1.29 is 9.53 Å². The Morgan fingerprint density at radius 1 is 1.60 bits per heavy atom. The minimum absolute atomic E-state index is 0.119. The summed E-state index contributed by atoms with van der Waals surface area (Å²) in [6.07, 6.45) is 0. The Morgan fingerprint density at radius 2 is 2.27 bits per heavy atom. The lowest BCUT2D eigenvalue weighted by Crippen LogP contribution is -2.01. The molecule has 0 fully saturated rings. The molecule has 0 radical (unpaired) electrons. The lowest BCUT2D eigenvalue weighted by atomic mass is 10.1. The van der Waals surface area contributed by atoms with E-state index in [0.29, 0.717) is 23.5 Å². The predicted molar refractivity (Wildman–Crippen MR) is 65.0 cm³/mol. The van der Waals surface area contributed by atoms with Crippen LogP contribution in [0.15, 0.2) is 12.1 Å². The lowest BCUT2D eigenvalue weighted by molar-refractivity contribution is 0.101. The predicted octanol–water partition coefficient (Wildman–Crippen LogP) is 2.76. The fraction of sp³-hybridized carbons (Fsp3) is 0.273. The van der Waals surface area contributed by atoms with Crippen molar-refractivity contribution in [3.63, 3.8) is 0 Å². The van der Waals surface area contributed by atoms with E-state index in [-0.39, 0.29) is 5.78 Å². The monoisotopic (exact) mass is 315 g/mol. The van der Waals surface area contributed by atoms with Crippen molar-refractivity contribution in [3.05, 3.63) is 26.8 Å². The van der Waals surface area contributed by atoms with Crippen molar-refractivity contribution in [2.45, 2.75) is 13.8 Å². The van der Waals surface area contributed by atoms with E-state index in [1.54, 1.807) is 12.1 Å². The van der Waals surface area contributed by atoms with Gasteiger partial charge in [0.25, 0.3) is 0 Å². The largest absolute Gasteiger partial charge is 0.494 e. The molecule has 0 bridgehead atoms. The van der Waals surface area contributed by atoms with Gasteiger partial charge in [-0.2, -0.15) is 5.26 Å². The molecule has 0 heterocycles. The summed E-state index contributed by atoms with van der Waals surface area (Å²) < 4.78 is 6.05. The number of halogens is 1. The molecule has 0 aliphatic heterocycles. The van der Waals surface area contributed by atoms with E-state index in [1.165, 1.54) is 6.92 Å². The third-order valence-corrected chi connectivity index (χ3v) is 2.72. The van der Waals surface area contributed by atoms with Crippen LogP contribution in [-0.4, -0.2) is 12.4 Å². The van der Waals surface area contributed by atoms with E-state index >= 15 is 0 Å². The number of hydrogen-bond donors (Lipinski definition) is 0. The molecular weight excluding hydrogens is 305 g/mol. The first-order chi connectivity index (χ1) is 7.10. The smallest absolute Gasteiger partial charge is 0.161 e. The molecule has 78 valence electrons. The standard InChI is InChI=1S/C11H10INO2/c1-3-15-8-4-9(7(2)14)10(6-13)11(12)5-8/h4-5H,3H2,1-2H3. The van der Waals surface area contributed by atoms with Crippen LogP contribution < -0.4 is 4.74 Å². The molecule has 4 heteroatoms. The number of carbonyl (C=O) groups is 1. The van der Waals surface area contributed by atoms with Crippen LogP contribution in [0.3, 0.4) is 0 Å². The number of carbonyl (C=O) groups excluding carboxylic acids is 1. The number of hydrogen-bond acceptors (Lipinski definition) is 3. The van der Waals surface area contributed by atoms with Gasteiger partial charge in [-0.3, -0.25) is 4.79 Å². The number of nitriles is 1. The van der Waals surface area contributed by atoms with E-state index in [1.807, 2.05) is 35.6 Å². The van der Waals surface area contributed by atoms with Crippen molar-refractivity contribution in [2.24, 2.45) is 0 Å². The summed E-state index contributed by atoms with van der Waals surface area (Å²) in [5.74, 6) is 0.511. The summed E-state index contributed by atoms with van der Waals surface area (Å²) in [5.41, 5.74) is 0.847. The molecule has 0 unspecified atom stereocenters. The van der Waals surface area contributed by atoms with Crippen molar-refractivity contribution in [1.29, 1.82) is 5.26 Å². The topological polar surface area (TPSA) is 50.1 Å². The first-order valence-electron chi connectivity index (χ1n) is 4.47. The average Bonchev–Trinajstić information content (AvgIpc) is 2.17. The maximum atomic E-state index is 11.3. The quantitative estimate of drug-likeness (QED) is 0.636. The van der Waals surface area contributed by atoms with Crippen molar-refractivity contribution in [1.82, 2.24) is 0 Å². The zero-order valence-corrected chi connectivity index (χ0v) is 10.7. The number of rotatable bonds is 3. The van der Waals surface area contributed by atoms with Crippen molar-refractivity contribution in [2.75, 3.05) is 6.61 Å². The average molecular weight is 315 g/mol. The lowest BCUT2D eigenvalue weighted by Gasteiger charge is -2.07. The molecule has 0 aliphatic rings. The summed E-state index contributed by atoms with van der Waals surface area (Å²) in [6, 6.07) is 5.41. The summed E-state index contributed by atoms with van der Waals surface area (Å²) in [5, 5.41) is 8.92. The van der Waals surface area contributed by atoms with Gasteiger partial charge < -0.3 is 4.74 Å². The number of ketones is 1. The maximum Gasteiger partial charge on any atom is 0.161 e. The Bertz CT molecular complexity index is 435. The van der Waals surface area contributed by atoms with E-state index in [2.05, 4.69) is 0 Å². The summed E-state index contributed by atoms with van der Waals surface area (Å²) >= 11 is 2.03. The molecule has 0 aliphatic carbocycles.